The minimum absolute atomic E-state index is 1.04. The first-order valence-corrected chi connectivity index (χ1v) is 7.10. The SMILES string of the molecule is [CH]=CCCCC=CCCCCCCCCC. The van der Waals surface area contributed by atoms with Gasteiger partial charge in [-0.1, -0.05) is 70.3 Å². The maximum atomic E-state index is 5.31. The molecule has 0 aliphatic carbocycles. The highest BCUT2D eigenvalue weighted by Gasteiger charge is 1.89. The lowest BCUT2D eigenvalue weighted by Gasteiger charge is -1.98. The van der Waals surface area contributed by atoms with Gasteiger partial charge in [0.25, 0.3) is 0 Å². The first-order chi connectivity index (χ1) is 7.91. The summed E-state index contributed by atoms with van der Waals surface area (Å²) in [5.74, 6) is 0. The van der Waals surface area contributed by atoms with Crippen molar-refractivity contribution in [2.75, 3.05) is 0 Å². The third kappa shape index (κ3) is 13.5. The zero-order chi connectivity index (χ0) is 11.9. The highest BCUT2D eigenvalue weighted by atomic mass is 14.0. The Morgan fingerprint density at radius 1 is 0.688 bits per heavy atom. The molecule has 0 amide bonds. The van der Waals surface area contributed by atoms with E-state index in [-0.39, 0.29) is 0 Å². The van der Waals surface area contributed by atoms with Crippen LogP contribution in [-0.2, 0) is 0 Å². The zero-order valence-corrected chi connectivity index (χ0v) is 11.1. The summed E-state index contributed by atoms with van der Waals surface area (Å²) < 4.78 is 0. The van der Waals surface area contributed by atoms with Crippen LogP contribution in [0.5, 0.6) is 0 Å². The van der Waals surface area contributed by atoms with E-state index < -0.39 is 0 Å². The zero-order valence-electron chi connectivity index (χ0n) is 11.1. The van der Waals surface area contributed by atoms with Gasteiger partial charge in [0, 0.05) is 0 Å². The Bertz CT molecular complexity index is 155. The molecule has 0 N–H and O–H groups in total. The molecule has 16 heavy (non-hydrogen) atoms. The second-order valence-corrected chi connectivity index (χ2v) is 4.55. The molecule has 0 aromatic rings. The van der Waals surface area contributed by atoms with Gasteiger partial charge in [-0.2, -0.15) is 0 Å². The molecule has 0 unspecified atom stereocenters. The van der Waals surface area contributed by atoms with Crippen LogP contribution in [0.4, 0.5) is 0 Å². The number of allylic oxidation sites excluding steroid dienone is 3. The van der Waals surface area contributed by atoms with Gasteiger partial charge in [0.15, 0.2) is 0 Å². The van der Waals surface area contributed by atoms with Crippen molar-refractivity contribution in [2.45, 2.75) is 77.6 Å². The predicted octanol–water partition coefficient (Wildman–Crippen LogP) is 5.84. The normalized spacial score (nSPS) is 11.1. The Morgan fingerprint density at radius 2 is 1.25 bits per heavy atom. The lowest BCUT2D eigenvalue weighted by Crippen LogP contribution is -1.79. The molecular weight excluding hydrogens is 192 g/mol. The molecule has 93 valence electrons. The average molecular weight is 221 g/mol. The first kappa shape index (κ1) is 15.5. The molecular formula is C16H29. The molecule has 0 aliphatic rings. The second-order valence-electron chi connectivity index (χ2n) is 4.55. The summed E-state index contributed by atoms with van der Waals surface area (Å²) in [5.41, 5.74) is 0. The summed E-state index contributed by atoms with van der Waals surface area (Å²) in [6.07, 6.45) is 20.9. The summed E-state index contributed by atoms with van der Waals surface area (Å²) >= 11 is 0. The van der Waals surface area contributed by atoms with E-state index in [1.54, 1.807) is 6.08 Å². The molecule has 0 heteroatoms. The fourth-order valence-electron chi connectivity index (χ4n) is 1.81. The maximum absolute atomic E-state index is 5.31. The van der Waals surface area contributed by atoms with Crippen LogP contribution < -0.4 is 0 Å². The molecule has 0 saturated carbocycles. The quantitative estimate of drug-likeness (QED) is 0.287. The van der Waals surface area contributed by atoms with Crippen LogP contribution in [0.2, 0.25) is 0 Å². The molecule has 0 bridgehead atoms. The summed E-state index contributed by atoms with van der Waals surface area (Å²) in [6, 6.07) is 0. The lowest BCUT2D eigenvalue weighted by atomic mass is 10.1. The van der Waals surface area contributed by atoms with Gasteiger partial charge in [-0.25, -0.2) is 0 Å². The number of rotatable bonds is 12. The van der Waals surface area contributed by atoms with Crippen molar-refractivity contribution in [1.29, 1.82) is 0 Å². The number of hydrogen-bond donors (Lipinski definition) is 0. The molecule has 0 heterocycles. The topological polar surface area (TPSA) is 0 Å². The van der Waals surface area contributed by atoms with E-state index in [4.69, 9.17) is 6.58 Å². The molecule has 1 radical (unpaired) electrons. The van der Waals surface area contributed by atoms with Gasteiger partial charge in [-0.3, -0.25) is 0 Å². The van der Waals surface area contributed by atoms with E-state index >= 15 is 0 Å². The highest BCUT2D eigenvalue weighted by Crippen LogP contribution is 2.08. The molecule has 0 spiro atoms. The molecule has 0 aromatic carbocycles. The summed E-state index contributed by atoms with van der Waals surface area (Å²) in [5, 5.41) is 0. The second kappa shape index (κ2) is 14.5. The molecule has 0 aromatic heterocycles. The van der Waals surface area contributed by atoms with Gasteiger partial charge in [-0.05, 0) is 32.1 Å². The van der Waals surface area contributed by atoms with E-state index in [9.17, 15) is 0 Å². The Hall–Kier alpha value is -0.520. The molecule has 0 aliphatic heterocycles. The van der Waals surface area contributed by atoms with Gasteiger partial charge in [-0.15, -0.1) is 0 Å². The fourth-order valence-corrected chi connectivity index (χ4v) is 1.81. The Balaban J connectivity index is 2.99. The minimum atomic E-state index is 1.04. The summed E-state index contributed by atoms with van der Waals surface area (Å²) in [7, 11) is 0. The van der Waals surface area contributed by atoms with Crippen molar-refractivity contribution in [3.63, 3.8) is 0 Å². The van der Waals surface area contributed by atoms with Crippen molar-refractivity contribution < 1.29 is 0 Å². The van der Waals surface area contributed by atoms with E-state index in [0.717, 1.165) is 6.42 Å². The highest BCUT2D eigenvalue weighted by molar-refractivity contribution is 4.82. The summed E-state index contributed by atoms with van der Waals surface area (Å²) in [6.45, 7) is 7.58. The van der Waals surface area contributed by atoms with Gasteiger partial charge in [0.1, 0.15) is 0 Å². The van der Waals surface area contributed by atoms with Gasteiger partial charge >= 0.3 is 0 Å². The number of unbranched alkanes of at least 4 members (excludes halogenated alkanes) is 9. The van der Waals surface area contributed by atoms with Crippen molar-refractivity contribution in [3.05, 3.63) is 24.8 Å². The van der Waals surface area contributed by atoms with Crippen LogP contribution in [0.1, 0.15) is 77.6 Å². The monoisotopic (exact) mass is 221 g/mol. The molecule has 0 rings (SSSR count). The standard InChI is InChI=1S/C16H29/c1-3-5-7-9-11-13-15-16-14-12-10-8-6-4-2/h1,3,11,13H,4-10,12,14-16H2,2H3. The van der Waals surface area contributed by atoms with Crippen LogP contribution in [0.15, 0.2) is 18.2 Å². The molecule has 0 nitrogen and oxygen atoms in total. The van der Waals surface area contributed by atoms with Crippen molar-refractivity contribution in [3.8, 4) is 0 Å². The lowest BCUT2D eigenvalue weighted by molar-refractivity contribution is 0.592. The van der Waals surface area contributed by atoms with Crippen LogP contribution in [0.25, 0.3) is 0 Å². The minimum Gasteiger partial charge on any atom is -0.0885 e. The molecule has 0 atom stereocenters. The fraction of sp³-hybridized carbons (Fsp3) is 0.750. The first-order valence-electron chi connectivity index (χ1n) is 7.10. The van der Waals surface area contributed by atoms with Gasteiger partial charge in [0.2, 0.25) is 0 Å². The van der Waals surface area contributed by atoms with E-state index in [1.807, 2.05) is 0 Å². The summed E-state index contributed by atoms with van der Waals surface area (Å²) in [4.78, 5) is 0. The third-order valence-corrected chi connectivity index (χ3v) is 2.88. The molecule has 0 fully saturated rings. The maximum Gasteiger partial charge on any atom is -0.0345 e. The van der Waals surface area contributed by atoms with Gasteiger partial charge < -0.3 is 0 Å². The predicted molar refractivity (Wildman–Crippen MR) is 74.5 cm³/mol. The van der Waals surface area contributed by atoms with Crippen molar-refractivity contribution in [2.24, 2.45) is 0 Å². The Morgan fingerprint density at radius 3 is 1.88 bits per heavy atom. The van der Waals surface area contributed by atoms with Gasteiger partial charge in [0.05, 0.1) is 0 Å². The van der Waals surface area contributed by atoms with E-state index in [2.05, 4.69) is 19.1 Å². The third-order valence-electron chi connectivity index (χ3n) is 2.88. The largest absolute Gasteiger partial charge is 0.0885 e. The van der Waals surface area contributed by atoms with E-state index in [0.29, 0.717) is 0 Å². The van der Waals surface area contributed by atoms with Crippen LogP contribution in [-0.4, -0.2) is 0 Å². The molecule has 0 saturated heterocycles. The van der Waals surface area contributed by atoms with Crippen molar-refractivity contribution in [1.82, 2.24) is 0 Å². The number of hydrogen-bond acceptors (Lipinski definition) is 0. The Labute approximate surface area is 103 Å². The smallest absolute Gasteiger partial charge is 0.0345 e. The van der Waals surface area contributed by atoms with E-state index in [1.165, 1.54) is 64.2 Å². The van der Waals surface area contributed by atoms with Crippen LogP contribution in [0, 0.1) is 6.58 Å². The van der Waals surface area contributed by atoms with Crippen LogP contribution >= 0.6 is 0 Å². The Kier molecular flexibility index (Phi) is 14.0. The van der Waals surface area contributed by atoms with Crippen molar-refractivity contribution >= 4 is 0 Å². The van der Waals surface area contributed by atoms with Crippen LogP contribution in [0.3, 0.4) is 0 Å². The average Bonchev–Trinajstić information content (AvgIpc) is 2.31.